The number of rotatable bonds is 6. The zero-order valence-corrected chi connectivity index (χ0v) is 20.9. The van der Waals surface area contributed by atoms with Crippen molar-refractivity contribution in [3.05, 3.63) is 88.2 Å². The van der Waals surface area contributed by atoms with Crippen molar-refractivity contribution in [2.75, 3.05) is 12.4 Å². The maximum absolute atomic E-state index is 13.1. The number of anilines is 1. The predicted molar refractivity (Wildman–Crippen MR) is 138 cm³/mol. The van der Waals surface area contributed by atoms with Gasteiger partial charge < -0.3 is 23.6 Å². The zero-order chi connectivity index (χ0) is 25.5. The molecule has 4 aromatic heterocycles. The number of amides is 1. The lowest BCUT2D eigenvalue weighted by molar-refractivity contribution is -0.114. The second-order valence-corrected chi connectivity index (χ2v) is 10.1. The average molecular weight is 536 g/mol. The van der Waals surface area contributed by atoms with Gasteiger partial charge >= 0.3 is 0 Å². The molecule has 11 heteroatoms. The summed E-state index contributed by atoms with van der Waals surface area (Å²) in [6.07, 6.45) is 1.60. The Hall–Kier alpha value is -4.35. The topological polar surface area (TPSA) is 101 Å². The fraction of sp³-hybridized carbons (Fsp3) is 0.0769. The molecule has 0 fully saturated rings. The number of thiazole rings is 1. The van der Waals surface area contributed by atoms with E-state index in [1.165, 1.54) is 46.9 Å². The molecule has 1 aliphatic rings. The summed E-state index contributed by atoms with van der Waals surface area (Å²) in [6.45, 7) is 0.464. The number of halogens is 1. The van der Waals surface area contributed by atoms with E-state index in [-0.39, 0.29) is 23.2 Å². The number of fused-ring (bicyclic) bond motifs is 1. The fourth-order valence-electron chi connectivity index (χ4n) is 3.92. The highest BCUT2D eigenvalue weighted by Crippen LogP contribution is 2.40. The first-order chi connectivity index (χ1) is 17.9. The van der Waals surface area contributed by atoms with E-state index in [4.69, 9.17) is 13.6 Å². The summed E-state index contributed by atoms with van der Waals surface area (Å²) >= 11 is 2.60. The van der Waals surface area contributed by atoms with Crippen LogP contribution in [0.25, 0.3) is 27.9 Å². The number of thiophene rings is 1. The molecular weight excluding hydrogens is 517 g/mol. The van der Waals surface area contributed by atoms with Crippen LogP contribution < -0.4 is 10.1 Å². The van der Waals surface area contributed by atoms with Crippen molar-refractivity contribution < 1.29 is 27.9 Å². The molecule has 0 bridgehead atoms. The largest absolute Gasteiger partial charge is 0.504 e. The molecule has 0 spiro atoms. The molecule has 0 saturated carbocycles. The van der Waals surface area contributed by atoms with E-state index in [2.05, 4.69) is 10.3 Å². The highest BCUT2D eigenvalue weighted by Gasteiger charge is 2.30. The standard InChI is InChI=1S/C26H18FN3O5S2/c1-30-12-14-11-20(19-3-2-10-33-19)37-24(14)23(31)22(30)25(32)29-26-28-17(13-36-26)18-8-9-21(35-18)34-16-6-4-15(27)5-7-16/h2-11,13,31H,12H2,1H3,(H,28,29,32). The van der Waals surface area contributed by atoms with Gasteiger partial charge in [0.2, 0.25) is 0 Å². The van der Waals surface area contributed by atoms with Gasteiger partial charge in [-0.15, -0.1) is 22.7 Å². The molecule has 1 aromatic carbocycles. The van der Waals surface area contributed by atoms with Gasteiger partial charge in [-0.05, 0) is 54.1 Å². The van der Waals surface area contributed by atoms with Gasteiger partial charge in [-0.2, -0.15) is 0 Å². The molecule has 186 valence electrons. The molecular formula is C26H18FN3O5S2. The lowest BCUT2D eigenvalue weighted by Crippen LogP contribution is -2.31. The number of aliphatic hydroxyl groups excluding tert-OH is 1. The third-order valence-electron chi connectivity index (χ3n) is 5.61. The summed E-state index contributed by atoms with van der Waals surface area (Å²) in [5.41, 5.74) is 1.58. The minimum Gasteiger partial charge on any atom is -0.504 e. The SMILES string of the molecule is CN1Cc2cc(-c3ccco3)sc2C(O)=C1C(=O)Nc1nc(-c2ccc(Oc3ccc(F)cc3)o2)cs1. The lowest BCUT2D eigenvalue weighted by Gasteiger charge is -2.26. The van der Waals surface area contributed by atoms with E-state index in [9.17, 15) is 14.3 Å². The van der Waals surface area contributed by atoms with E-state index in [0.29, 0.717) is 39.5 Å². The summed E-state index contributed by atoms with van der Waals surface area (Å²) in [7, 11) is 1.75. The van der Waals surface area contributed by atoms with Gasteiger partial charge in [0.1, 0.15) is 28.7 Å². The summed E-state index contributed by atoms with van der Waals surface area (Å²) in [5.74, 6) is 0.888. The van der Waals surface area contributed by atoms with Crippen LogP contribution in [0.5, 0.6) is 11.7 Å². The fourth-order valence-corrected chi connectivity index (χ4v) is 5.70. The molecule has 0 radical (unpaired) electrons. The molecule has 0 aliphatic carbocycles. The molecule has 0 atom stereocenters. The second-order valence-electron chi connectivity index (χ2n) is 8.16. The monoisotopic (exact) mass is 535 g/mol. The number of ether oxygens (including phenoxy) is 1. The smallest absolute Gasteiger partial charge is 0.290 e. The molecule has 1 aliphatic heterocycles. The summed E-state index contributed by atoms with van der Waals surface area (Å²) in [4.78, 5) is 20.8. The van der Waals surface area contributed by atoms with Crippen molar-refractivity contribution in [1.82, 2.24) is 9.88 Å². The quantitative estimate of drug-likeness (QED) is 0.242. The third-order valence-corrected chi connectivity index (χ3v) is 7.56. The van der Waals surface area contributed by atoms with Gasteiger partial charge in [0.15, 0.2) is 16.7 Å². The summed E-state index contributed by atoms with van der Waals surface area (Å²) in [6, 6.07) is 14.5. The van der Waals surface area contributed by atoms with Gasteiger partial charge in [-0.1, -0.05) is 0 Å². The van der Waals surface area contributed by atoms with Crippen molar-refractivity contribution in [2.24, 2.45) is 0 Å². The zero-order valence-electron chi connectivity index (χ0n) is 19.2. The Morgan fingerprint density at radius 2 is 2.03 bits per heavy atom. The van der Waals surface area contributed by atoms with Crippen LogP contribution in [0.3, 0.4) is 0 Å². The minimum atomic E-state index is -0.473. The van der Waals surface area contributed by atoms with Crippen molar-refractivity contribution in [3.63, 3.8) is 0 Å². The van der Waals surface area contributed by atoms with Crippen LogP contribution in [0.1, 0.15) is 10.4 Å². The van der Waals surface area contributed by atoms with Gasteiger partial charge in [-0.25, -0.2) is 9.37 Å². The Balaban J connectivity index is 1.18. The van der Waals surface area contributed by atoms with Crippen molar-refractivity contribution in [1.29, 1.82) is 0 Å². The van der Waals surface area contributed by atoms with E-state index >= 15 is 0 Å². The molecule has 6 rings (SSSR count). The Labute approximate surface area is 217 Å². The summed E-state index contributed by atoms with van der Waals surface area (Å²) in [5, 5.41) is 15.8. The normalized spacial score (nSPS) is 13.1. The van der Waals surface area contributed by atoms with Crippen LogP contribution in [0.15, 0.2) is 80.8 Å². The van der Waals surface area contributed by atoms with Gasteiger partial charge in [-0.3, -0.25) is 10.1 Å². The van der Waals surface area contributed by atoms with Gasteiger partial charge in [0, 0.05) is 25.0 Å². The number of furan rings is 2. The molecule has 5 aromatic rings. The maximum Gasteiger partial charge on any atom is 0.290 e. The Morgan fingerprint density at radius 3 is 2.81 bits per heavy atom. The number of hydrogen-bond donors (Lipinski definition) is 2. The molecule has 2 N–H and O–H groups in total. The molecule has 37 heavy (non-hydrogen) atoms. The molecule has 0 unspecified atom stereocenters. The maximum atomic E-state index is 13.1. The van der Waals surface area contributed by atoms with Gasteiger partial charge in [0.05, 0.1) is 16.0 Å². The van der Waals surface area contributed by atoms with Gasteiger partial charge in [0.25, 0.3) is 11.9 Å². The summed E-state index contributed by atoms with van der Waals surface area (Å²) < 4.78 is 29.8. The Morgan fingerprint density at radius 1 is 1.19 bits per heavy atom. The number of nitrogens with zero attached hydrogens (tertiary/aromatic N) is 2. The highest BCUT2D eigenvalue weighted by molar-refractivity contribution is 7.16. The number of benzene rings is 1. The second kappa shape index (κ2) is 9.26. The van der Waals surface area contributed by atoms with Crippen molar-refractivity contribution >= 4 is 39.5 Å². The number of carbonyl (C=O) groups is 1. The number of hydrogen-bond acceptors (Lipinski definition) is 9. The van der Waals surface area contributed by atoms with Crippen LogP contribution in [-0.4, -0.2) is 27.9 Å². The number of aromatic nitrogens is 1. The van der Waals surface area contributed by atoms with Crippen LogP contribution in [0.4, 0.5) is 9.52 Å². The first-order valence-corrected chi connectivity index (χ1v) is 12.8. The minimum absolute atomic E-state index is 0.0885. The molecule has 1 amide bonds. The molecule has 8 nitrogen and oxygen atoms in total. The number of likely N-dealkylation sites (N-methyl/N-ethyl adjacent to an activating group) is 1. The lowest BCUT2D eigenvalue weighted by atomic mass is 10.1. The number of aliphatic hydroxyl groups is 1. The van der Waals surface area contributed by atoms with Crippen LogP contribution in [-0.2, 0) is 11.3 Å². The van der Waals surface area contributed by atoms with E-state index < -0.39 is 5.91 Å². The van der Waals surface area contributed by atoms with Crippen LogP contribution in [0.2, 0.25) is 0 Å². The molecule has 5 heterocycles. The highest BCUT2D eigenvalue weighted by atomic mass is 32.1. The Kier molecular flexibility index (Phi) is 5.78. The van der Waals surface area contributed by atoms with E-state index in [1.807, 2.05) is 12.1 Å². The number of carbonyl (C=O) groups excluding carboxylic acids is 1. The predicted octanol–water partition coefficient (Wildman–Crippen LogP) is 6.97. The first kappa shape index (κ1) is 23.1. The van der Waals surface area contributed by atoms with Crippen molar-refractivity contribution in [3.8, 4) is 33.8 Å². The van der Waals surface area contributed by atoms with Crippen molar-refractivity contribution in [2.45, 2.75) is 6.54 Å². The number of nitrogens with one attached hydrogen (secondary N) is 1. The van der Waals surface area contributed by atoms with Crippen LogP contribution in [0, 0.1) is 5.82 Å². The first-order valence-electron chi connectivity index (χ1n) is 11.1. The van der Waals surface area contributed by atoms with E-state index in [0.717, 1.165) is 10.4 Å². The Bertz CT molecular complexity index is 1620. The average Bonchev–Trinajstić information content (AvgIpc) is 3.67. The third kappa shape index (κ3) is 4.50. The molecule has 0 saturated heterocycles. The van der Waals surface area contributed by atoms with E-state index in [1.54, 1.807) is 41.8 Å². The van der Waals surface area contributed by atoms with Crippen LogP contribution >= 0.6 is 22.7 Å².